The van der Waals surface area contributed by atoms with Gasteiger partial charge in [-0.3, -0.25) is 4.79 Å². The Balaban J connectivity index is 1.79. The summed E-state index contributed by atoms with van der Waals surface area (Å²) in [6.07, 6.45) is -0.612. The average Bonchev–Trinajstić information content (AvgIpc) is 2.68. The van der Waals surface area contributed by atoms with Crippen LogP contribution in [0.5, 0.6) is 0 Å². The molecule has 2 aromatic rings. The highest BCUT2D eigenvalue weighted by molar-refractivity contribution is 5.92. The first-order chi connectivity index (χ1) is 13.4. The number of halogens is 1. The van der Waals surface area contributed by atoms with E-state index in [4.69, 9.17) is 4.74 Å². The molecule has 0 aliphatic rings. The van der Waals surface area contributed by atoms with Crippen molar-refractivity contribution in [3.8, 4) is 0 Å². The van der Waals surface area contributed by atoms with E-state index in [1.807, 2.05) is 0 Å². The van der Waals surface area contributed by atoms with Crippen LogP contribution in [0.3, 0.4) is 0 Å². The summed E-state index contributed by atoms with van der Waals surface area (Å²) < 4.78 is 22.4. The molecule has 0 saturated carbocycles. The van der Waals surface area contributed by atoms with Gasteiger partial charge < -0.3 is 20.1 Å². The first-order valence-corrected chi connectivity index (χ1v) is 8.51. The van der Waals surface area contributed by atoms with Gasteiger partial charge in [-0.05, 0) is 42.3 Å². The van der Waals surface area contributed by atoms with Crippen LogP contribution in [0, 0.1) is 5.82 Å². The number of carbonyl (C=O) groups excluding carboxylic acids is 3. The van der Waals surface area contributed by atoms with Crippen LogP contribution in [0.4, 0.5) is 14.9 Å². The van der Waals surface area contributed by atoms with E-state index >= 15 is 0 Å². The molecule has 0 aliphatic heterocycles. The van der Waals surface area contributed by atoms with Crippen LogP contribution in [0.2, 0.25) is 0 Å². The SMILES string of the molecule is COC(=O)[C@@H](C)NC(=O)OCc1ccc(NC(=O)Cc2ccc(F)cc2)cc1. The minimum Gasteiger partial charge on any atom is -0.467 e. The first-order valence-electron chi connectivity index (χ1n) is 8.51. The third-order valence-corrected chi connectivity index (χ3v) is 3.77. The van der Waals surface area contributed by atoms with Crippen molar-refractivity contribution in [1.82, 2.24) is 5.32 Å². The van der Waals surface area contributed by atoms with E-state index in [0.717, 1.165) is 0 Å². The molecule has 0 unspecified atom stereocenters. The molecule has 0 radical (unpaired) electrons. The molecule has 28 heavy (non-hydrogen) atoms. The van der Waals surface area contributed by atoms with Crippen LogP contribution in [-0.4, -0.2) is 31.1 Å². The molecule has 2 rings (SSSR count). The quantitative estimate of drug-likeness (QED) is 0.712. The molecule has 2 aromatic carbocycles. The third-order valence-electron chi connectivity index (χ3n) is 3.77. The van der Waals surface area contributed by atoms with Gasteiger partial charge in [0.2, 0.25) is 5.91 Å². The van der Waals surface area contributed by atoms with Gasteiger partial charge in [0.05, 0.1) is 13.5 Å². The Hall–Kier alpha value is -3.42. The molecule has 1 atom stereocenters. The van der Waals surface area contributed by atoms with E-state index in [1.54, 1.807) is 36.4 Å². The zero-order chi connectivity index (χ0) is 20.5. The highest BCUT2D eigenvalue weighted by Gasteiger charge is 2.16. The highest BCUT2D eigenvalue weighted by Crippen LogP contribution is 2.12. The van der Waals surface area contributed by atoms with E-state index in [-0.39, 0.29) is 24.8 Å². The van der Waals surface area contributed by atoms with Crippen molar-refractivity contribution in [2.45, 2.75) is 26.0 Å². The fourth-order valence-electron chi connectivity index (χ4n) is 2.28. The number of anilines is 1. The molecular weight excluding hydrogens is 367 g/mol. The second-order valence-electron chi connectivity index (χ2n) is 6.01. The smallest absolute Gasteiger partial charge is 0.408 e. The third kappa shape index (κ3) is 6.71. The van der Waals surface area contributed by atoms with Crippen LogP contribution in [-0.2, 0) is 32.1 Å². The van der Waals surface area contributed by atoms with Gasteiger partial charge in [0, 0.05) is 5.69 Å². The lowest BCUT2D eigenvalue weighted by molar-refractivity contribution is -0.142. The lowest BCUT2D eigenvalue weighted by Crippen LogP contribution is -2.39. The van der Waals surface area contributed by atoms with Gasteiger partial charge >= 0.3 is 12.1 Å². The van der Waals surface area contributed by atoms with E-state index in [2.05, 4.69) is 15.4 Å². The Bertz CT molecular complexity index is 821. The Morgan fingerprint density at radius 1 is 1.00 bits per heavy atom. The average molecular weight is 388 g/mol. The summed E-state index contributed by atoms with van der Waals surface area (Å²) in [6, 6.07) is 11.7. The molecule has 2 N–H and O–H groups in total. The molecule has 7 nitrogen and oxygen atoms in total. The Morgan fingerprint density at radius 3 is 2.21 bits per heavy atom. The van der Waals surface area contributed by atoms with Gasteiger partial charge in [-0.2, -0.15) is 0 Å². The molecule has 8 heteroatoms. The monoisotopic (exact) mass is 388 g/mol. The number of methoxy groups -OCH3 is 1. The van der Waals surface area contributed by atoms with Crippen LogP contribution < -0.4 is 10.6 Å². The summed E-state index contributed by atoms with van der Waals surface area (Å²) in [6.45, 7) is 1.49. The standard InChI is InChI=1S/C20H21FN2O5/c1-13(19(25)27-2)22-20(26)28-12-15-5-9-17(10-6-15)23-18(24)11-14-3-7-16(21)8-4-14/h3-10,13H,11-12H2,1-2H3,(H,22,26)(H,23,24)/t13-/m1/s1. The van der Waals surface area contributed by atoms with Crippen LogP contribution in [0.15, 0.2) is 48.5 Å². The molecular formula is C20H21FN2O5. The summed E-state index contributed by atoms with van der Waals surface area (Å²) >= 11 is 0. The molecule has 0 saturated heterocycles. The summed E-state index contributed by atoms with van der Waals surface area (Å²) in [5, 5.41) is 5.09. The van der Waals surface area contributed by atoms with E-state index in [0.29, 0.717) is 16.8 Å². The zero-order valence-electron chi connectivity index (χ0n) is 15.5. The zero-order valence-corrected chi connectivity index (χ0v) is 15.5. The van der Waals surface area contributed by atoms with Gasteiger partial charge in [0.25, 0.3) is 0 Å². The highest BCUT2D eigenvalue weighted by atomic mass is 19.1. The molecule has 0 aliphatic carbocycles. The van der Waals surface area contributed by atoms with Gasteiger partial charge in [-0.25, -0.2) is 14.0 Å². The summed E-state index contributed by atoms with van der Waals surface area (Å²) in [5.41, 5.74) is 1.99. The normalized spacial score (nSPS) is 11.2. The predicted octanol–water partition coefficient (Wildman–Crippen LogP) is 2.79. The number of alkyl carbamates (subject to hydrolysis) is 1. The number of ether oxygens (including phenoxy) is 2. The van der Waals surface area contributed by atoms with Crippen molar-refractivity contribution in [1.29, 1.82) is 0 Å². The number of amides is 2. The van der Waals surface area contributed by atoms with Gasteiger partial charge in [0.1, 0.15) is 18.5 Å². The van der Waals surface area contributed by atoms with Crippen LogP contribution in [0.1, 0.15) is 18.1 Å². The molecule has 0 fully saturated rings. The first kappa shape index (κ1) is 20.9. The molecule has 148 valence electrons. The van der Waals surface area contributed by atoms with Crippen molar-refractivity contribution in [2.24, 2.45) is 0 Å². The van der Waals surface area contributed by atoms with Crippen molar-refractivity contribution in [3.05, 3.63) is 65.5 Å². The lowest BCUT2D eigenvalue weighted by Gasteiger charge is -2.12. The van der Waals surface area contributed by atoms with E-state index < -0.39 is 18.1 Å². The van der Waals surface area contributed by atoms with Crippen molar-refractivity contribution in [2.75, 3.05) is 12.4 Å². The number of esters is 1. The van der Waals surface area contributed by atoms with Gasteiger partial charge in [-0.15, -0.1) is 0 Å². The number of rotatable bonds is 7. The minimum absolute atomic E-state index is 0.00350. The van der Waals surface area contributed by atoms with E-state index in [1.165, 1.54) is 26.2 Å². The number of carbonyl (C=O) groups is 3. The Kier molecular flexibility index (Phi) is 7.50. The minimum atomic E-state index is -0.809. The van der Waals surface area contributed by atoms with Gasteiger partial charge in [0.15, 0.2) is 0 Å². The maximum Gasteiger partial charge on any atom is 0.408 e. The van der Waals surface area contributed by atoms with Crippen LogP contribution in [0.25, 0.3) is 0 Å². The molecule has 0 spiro atoms. The molecule has 0 bridgehead atoms. The summed E-state index contributed by atoms with van der Waals surface area (Å²) in [7, 11) is 1.23. The maximum atomic E-state index is 12.9. The molecule has 0 aromatic heterocycles. The van der Waals surface area contributed by atoms with Crippen molar-refractivity contribution in [3.63, 3.8) is 0 Å². The van der Waals surface area contributed by atoms with Crippen molar-refractivity contribution >= 4 is 23.7 Å². The maximum absolute atomic E-state index is 12.9. The summed E-state index contributed by atoms with van der Waals surface area (Å²) in [4.78, 5) is 34.9. The number of hydrogen-bond donors (Lipinski definition) is 2. The summed E-state index contributed by atoms with van der Waals surface area (Å²) in [5.74, 6) is -1.15. The second-order valence-corrected chi connectivity index (χ2v) is 6.01. The van der Waals surface area contributed by atoms with Gasteiger partial charge in [-0.1, -0.05) is 24.3 Å². The molecule has 2 amide bonds. The largest absolute Gasteiger partial charge is 0.467 e. The van der Waals surface area contributed by atoms with Crippen molar-refractivity contribution < 1.29 is 28.2 Å². The Labute approximate surface area is 161 Å². The number of benzene rings is 2. The fraction of sp³-hybridized carbons (Fsp3) is 0.250. The van der Waals surface area contributed by atoms with E-state index in [9.17, 15) is 18.8 Å². The number of nitrogens with one attached hydrogen (secondary N) is 2. The molecule has 0 heterocycles. The second kappa shape index (κ2) is 10.1. The van der Waals surface area contributed by atoms with Crippen LogP contribution >= 0.6 is 0 Å². The lowest BCUT2D eigenvalue weighted by atomic mass is 10.1. The fourth-order valence-corrected chi connectivity index (χ4v) is 2.28. The predicted molar refractivity (Wildman–Crippen MR) is 100.0 cm³/mol. The topological polar surface area (TPSA) is 93.7 Å². The number of hydrogen-bond acceptors (Lipinski definition) is 5. The Morgan fingerprint density at radius 2 is 1.61 bits per heavy atom.